The monoisotopic (exact) mass is 401 g/mol. The summed E-state index contributed by atoms with van der Waals surface area (Å²) >= 11 is 8.32. The van der Waals surface area contributed by atoms with Crippen LogP contribution in [-0.4, -0.2) is 31.8 Å². The van der Waals surface area contributed by atoms with Gasteiger partial charge in [-0.15, -0.1) is 32.9 Å². The van der Waals surface area contributed by atoms with Gasteiger partial charge in [-0.1, -0.05) is 17.7 Å². The predicted octanol–water partition coefficient (Wildman–Crippen LogP) is 3.28. The zero-order valence-electron chi connectivity index (χ0n) is 12.2. The lowest BCUT2D eigenvalue weighted by Crippen LogP contribution is -2.27. The Morgan fingerprint density at radius 1 is 1.17 bits per heavy atom. The molecule has 3 aromatic heterocycles. The number of thiophene rings is 2. The minimum absolute atomic E-state index is 0.117. The predicted molar refractivity (Wildman–Crippen MR) is 95.4 cm³/mol. The van der Waals surface area contributed by atoms with E-state index in [1.165, 1.54) is 6.07 Å². The first-order valence-corrected chi connectivity index (χ1v) is 10.4. The number of aromatic nitrogens is 2. The summed E-state index contributed by atoms with van der Waals surface area (Å²) in [6.45, 7) is 0.261. The van der Waals surface area contributed by atoms with Crippen LogP contribution < -0.4 is 9.46 Å². The average molecular weight is 402 g/mol. The molecule has 10 heteroatoms. The van der Waals surface area contributed by atoms with Crippen LogP contribution in [0.4, 0.5) is 0 Å². The molecule has 3 rings (SSSR count). The molecule has 0 amide bonds. The molecule has 126 valence electrons. The average Bonchev–Trinajstić information content (AvgIpc) is 3.24. The van der Waals surface area contributed by atoms with E-state index in [1.807, 2.05) is 23.6 Å². The van der Waals surface area contributed by atoms with Crippen molar-refractivity contribution in [2.45, 2.75) is 4.21 Å². The van der Waals surface area contributed by atoms with E-state index in [9.17, 15) is 8.42 Å². The van der Waals surface area contributed by atoms with Crippen LogP contribution in [0.25, 0.3) is 10.6 Å². The molecule has 0 atom stereocenters. The SMILES string of the molecule is O=S(=O)(NCCOc1ccc(-c2cccs2)nn1)c1ccc(Cl)s1. The van der Waals surface area contributed by atoms with Crippen LogP contribution in [0.1, 0.15) is 0 Å². The highest BCUT2D eigenvalue weighted by atomic mass is 35.5. The third kappa shape index (κ3) is 4.31. The number of ether oxygens (including phenoxy) is 1. The first kappa shape index (κ1) is 17.3. The summed E-state index contributed by atoms with van der Waals surface area (Å²) in [5, 5.41) is 10.0. The molecule has 0 saturated heterocycles. The largest absolute Gasteiger partial charge is 0.475 e. The Morgan fingerprint density at radius 3 is 2.67 bits per heavy atom. The smallest absolute Gasteiger partial charge is 0.250 e. The van der Waals surface area contributed by atoms with Gasteiger partial charge in [0.2, 0.25) is 15.9 Å². The Kier molecular flexibility index (Phi) is 5.47. The van der Waals surface area contributed by atoms with E-state index < -0.39 is 10.0 Å². The van der Waals surface area contributed by atoms with Gasteiger partial charge in [0, 0.05) is 12.6 Å². The Bertz CT molecular complexity index is 893. The summed E-state index contributed by atoms with van der Waals surface area (Å²) in [6, 6.07) is 10.4. The maximum absolute atomic E-state index is 12.0. The molecule has 0 aliphatic carbocycles. The molecular weight excluding hydrogens is 390 g/mol. The van der Waals surface area contributed by atoms with Crippen molar-refractivity contribution in [2.75, 3.05) is 13.2 Å². The third-order valence-electron chi connectivity index (χ3n) is 2.87. The molecule has 0 fully saturated rings. The summed E-state index contributed by atoms with van der Waals surface area (Å²) < 4.78 is 32.4. The van der Waals surface area contributed by atoms with Gasteiger partial charge in [-0.25, -0.2) is 13.1 Å². The number of rotatable bonds is 7. The summed E-state index contributed by atoms with van der Waals surface area (Å²) in [6.07, 6.45) is 0. The van der Waals surface area contributed by atoms with Crippen LogP contribution in [0.5, 0.6) is 5.88 Å². The molecular formula is C14H12ClN3O3S3. The Labute approximate surface area is 152 Å². The fourth-order valence-corrected chi connectivity index (χ4v) is 5.03. The Hall–Kier alpha value is -1.52. The fraction of sp³-hybridized carbons (Fsp3) is 0.143. The van der Waals surface area contributed by atoms with Crippen LogP contribution in [-0.2, 0) is 10.0 Å². The minimum Gasteiger partial charge on any atom is -0.475 e. The van der Waals surface area contributed by atoms with Crippen molar-refractivity contribution >= 4 is 44.3 Å². The summed E-state index contributed by atoms with van der Waals surface area (Å²) in [7, 11) is -3.56. The maximum atomic E-state index is 12.0. The molecule has 0 spiro atoms. The molecule has 6 nitrogen and oxygen atoms in total. The second-order valence-corrected chi connectivity index (χ2v) is 9.20. The van der Waals surface area contributed by atoms with E-state index in [0.717, 1.165) is 21.9 Å². The zero-order chi connectivity index (χ0) is 17.0. The highest BCUT2D eigenvalue weighted by molar-refractivity contribution is 7.91. The molecule has 0 aliphatic heterocycles. The van der Waals surface area contributed by atoms with Gasteiger partial charge in [0.05, 0.1) is 9.21 Å². The van der Waals surface area contributed by atoms with Crippen LogP contribution in [0.2, 0.25) is 4.34 Å². The quantitative estimate of drug-likeness (QED) is 0.614. The summed E-state index contributed by atoms with van der Waals surface area (Å²) in [5.74, 6) is 0.341. The lowest BCUT2D eigenvalue weighted by atomic mass is 10.3. The van der Waals surface area contributed by atoms with E-state index in [0.29, 0.717) is 10.2 Å². The van der Waals surface area contributed by atoms with Crippen molar-refractivity contribution in [1.82, 2.24) is 14.9 Å². The van der Waals surface area contributed by atoms with Crippen LogP contribution in [0, 0.1) is 0 Å². The first-order valence-electron chi connectivity index (χ1n) is 6.80. The van der Waals surface area contributed by atoms with Gasteiger partial charge in [0.15, 0.2) is 0 Å². The van der Waals surface area contributed by atoms with Crippen LogP contribution in [0.15, 0.2) is 46.0 Å². The first-order chi connectivity index (χ1) is 11.5. The van der Waals surface area contributed by atoms with E-state index in [1.54, 1.807) is 23.5 Å². The molecule has 0 bridgehead atoms. The van der Waals surface area contributed by atoms with Crippen molar-refractivity contribution in [3.05, 3.63) is 46.1 Å². The van der Waals surface area contributed by atoms with Gasteiger partial charge in [0.25, 0.3) is 0 Å². The van der Waals surface area contributed by atoms with Gasteiger partial charge in [-0.3, -0.25) is 0 Å². The van der Waals surface area contributed by atoms with Gasteiger partial charge in [0.1, 0.15) is 16.5 Å². The molecule has 0 aliphatic rings. The van der Waals surface area contributed by atoms with Gasteiger partial charge < -0.3 is 4.74 Å². The lowest BCUT2D eigenvalue weighted by molar-refractivity contribution is 0.307. The number of nitrogens with one attached hydrogen (secondary N) is 1. The maximum Gasteiger partial charge on any atom is 0.250 e. The minimum atomic E-state index is -3.56. The van der Waals surface area contributed by atoms with Crippen LogP contribution in [0.3, 0.4) is 0 Å². The third-order valence-corrected chi connectivity index (χ3v) is 6.95. The Balaban J connectivity index is 1.50. The van der Waals surface area contributed by atoms with Crippen molar-refractivity contribution in [3.63, 3.8) is 0 Å². The highest BCUT2D eigenvalue weighted by Gasteiger charge is 2.15. The lowest BCUT2D eigenvalue weighted by Gasteiger charge is -2.06. The van der Waals surface area contributed by atoms with Gasteiger partial charge >= 0.3 is 0 Å². The van der Waals surface area contributed by atoms with E-state index in [-0.39, 0.29) is 17.4 Å². The van der Waals surface area contributed by atoms with Crippen molar-refractivity contribution < 1.29 is 13.2 Å². The number of hydrogen-bond acceptors (Lipinski definition) is 7. The number of nitrogens with zero attached hydrogens (tertiary/aromatic N) is 2. The molecule has 3 heterocycles. The second-order valence-electron chi connectivity index (χ2n) is 4.54. The molecule has 0 aromatic carbocycles. The number of sulfonamides is 1. The molecule has 0 radical (unpaired) electrons. The fourth-order valence-electron chi connectivity index (χ4n) is 1.80. The molecule has 0 unspecified atom stereocenters. The van der Waals surface area contributed by atoms with Crippen molar-refractivity contribution in [3.8, 4) is 16.5 Å². The molecule has 3 aromatic rings. The standard InChI is InChI=1S/C14H12ClN3O3S3/c15-12-4-6-14(23-12)24(19,20)16-7-8-21-13-5-3-10(17-18-13)11-2-1-9-22-11/h1-6,9,16H,7-8H2. The zero-order valence-corrected chi connectivity index (χ0v) is 15.4. The van der Waals surface area contributed by atoms with Crippen molar-refractivity contribution in [2.24, 2.45) is 0 Å². The van der Waals surface area contributed by atoms with Gasteiger partial charge in [-0.05, 0) is 29.6 Å². The number of halogens is 1. The van der Waals surface area contributed by atoms with Crippen LogP contribution >= 0.6 is 34.3 Å². The normalized spacial score (nSPS) is 11.5. The molecule has 0 saturated carbocycles. The summed E-state index contributed by atoms with van der Waals surface area (Å²) in [4.78, 5) is 1.02. The molecule has 24 heavy (non-hydrogen) atoms. The Morgan fingerprint density at radius 2 is 2.04 bits per heavy atom. The summed E-state index contributed by atoms with van der Waals surface area (Å²) in [5.41, 5.74) is 0.771. The van der Waals surface area contributed by atoms with E-state index >= 15 is 0 Å². The second kappa shape index (κ2) is 7.58. The van der Waals surface area contributed by atoms with Gasteiger partial charge in [-0.2, -0.15) is 0 Å². The number of hydrogen-bond donors (Lipinski definition) is 1. The molecule has 1 N–H and O–H groups in total. The highest BCUT2D eigenvalue weighted by Crippen LogP contribution is 2.25. The van der Waals surface area contributed by atoms with Crippen molar-refractivity contribution in [1.29, 1.82) is 0 Å². The van der Waals surface area contributed by atoms with E-state index in [4.69, 9.17) is 16.3 Å². The van der Waals surface area contributed by atoms with E-state index in [2.05, 4.69) is 14.9 Å². The topological polar surface area (TPSA) is 81.2 Å².